The summed E-state index contributed by atoms with van der Waals surface area (Å²) in [5, 5.41) is 0. The van der Waals surface area contributed by atoms with E-state index in [1.165, 1.54) is 13.2 Å². The number of carbonyl (C=O) groups excluding carboxylic acids is 1. The van der Waals surface area contributed by atoms with Crippen molar-refractivity contribution in [2.75, 3.05) is 7.11 Å². The van der Waals surface area contributed by atoms with Crippen molar-refractivity contribution in [2.24, 2.45) is 5.73 Å². The second-order valence-corrected chi connectivity index (χ2v) is 4.30. The Hall–Kier alpha value is -2.21. The maximum Gasteiger partial charge on any atom is 0.267 e. The Morgan fingerprint density at radius 1 is 1.43 bits per heavy atom. The van der Waals surface area contributed by atoms with Gasteiger partial charge in [-0.1, -0.05) is 6.07 Å². The average molecular weight is 312 g/mol. The van der Waals surface area contributed by atoms with Gasteiger partial charge in [0.05, 0.1) is 7.11 Å². The normalized spacial score (nSPS) is 9.86. The summed E-state index contributed by atoms with van der Waals surface area (Å²) in [7, 11) is 1.39. The molecule has 112 valence electrons. The van der Waals surface area contributed by atoms with E-state index in [1.54, 1.807) is 25.3 Å². The van der Waals surface area contributed by atoms with Crippen molar-refractivity contribution in [3.8, 4) is 5.75 Å². The third-order valence-corrected chi connectivity index (χ3v) is 2.83. The van der Waals surface area contributed by atoms with Crippen molar-refractivity contribution in [1.29, 1.82) is 0 Å². The first-order valence-electron chi connectivity index (χ1n) is 5.96. The van der Waals surface area contributed by atoms with Gasteiger partial charge in [-0.05, 0) is 24.6 Å². The minimum absolute atomic E-state index is 0. The predicted octanol–water partition coefficient (Wildman–Crippen LogP) is 2.04. The number of primary amides is 1. The summed E-state index contributed by atoms with van der Waals surface area (Å²) in [5.74, 6) is -0.429. The summed E-state index contributed by atoms with van der Waals surface area (Å²) in [6.07, 6.45) is 1.92. The van der Waals surface area contributed by atoms with Crippen LogP contribution in [0.1, 0.15) is 27.4 Å². The molecule has 0 aliphatic heterocycles. The Bertz CT molecular complexity index is 665. The van der Waals surface area contributed by atoms with Crippen molar-refractivity contribution >= 4 is 18.3 Å². The van der Waals surface area contributed by atoms with Gasteiger partial charge in [-0.25, -0.2) is 14.4 Å². The topological polar surface area (TPSA) is 78.1 Å². The maximum atomic E-state index is 13.3. The monoisotopic (exact) mass is 311 g/mol. The van der Waals surface area contributed by atoms with E-state index in [9.17, 15) is 9.18 Å². The molecule has 0 aliphatic carbocycles. The number of methoxy groups -OCH3 is 1. The van der Waals surface area contributed by atoms with Crippen molar-refractivity contribution < 1.29 is 13.9 Å². The number of benzene rings is 1. The molecule has 0 unspecified atom stereocenters. The highest BCUT2D eigenvalue weighted by Gasteiger charge is 2.13. The van der Waals surface area contributed by atoms with Crippen LogP contribution in [0.2, 0.25) is 0 Å². The zero-order valence-electron chi connectivity index (χ0n) is 11.6. The summed E-state index contributed by atoms with van der Waals surface area (Å²) in [6, 6.07) is 4.50. The summed E-state index contributed by atoms with van der Waals surface area (Å²) < 4.78 is 18.3. The Kier molecular flexibility index (Phi) is 5.60. The number of hydrogen-bond acceptors (Lipinski definition) is 4. The minimum atomic E-state index is -0.612. The van der Waals surface area contributed by atoms with E-state index >= 15 is 0 Å². The van der Waals surface area contributed by atoms with Crippen molar-refractivity contribution in [3.05, 3.63) is 52.9 Å². The standard InChI is InChI=1S/C14H14FN3O2.ClH/c1-8-17-7-10(13(18-8)14(16)19)5-9-3-4-11(15)12(6-9)20-2;/h3-4,6-7H,5H2,1-2H3,(H2,16,19);1H. The van der Waals surface area contributed by atoms with Gasteiger partial charge < -0.3 is 10.5 Å². The largest absolute Gasteiger partial charge is 0.494 e. The molecule has 0 atom stereocenters. The fourth-order valence-electron chi connectivity index (χ4n) is 1.87. The van der Waals surface area contributed by atoms with Crippen LogP contribution in [0.25, 0.3) is 0 Å². The number of aryl methyl sites for hydroxylation is 1. The molecule has 5 nitrogen and oxygen atoms in total. The van der Waals surface area contributed by atoms with Gasteiger partial charge >= 0.3 is 0 Å². The minimum Gasteiger partial charge on any atom is -0.494 e. The number of aromatic nitrogens is 2. The molecule has 0 radical (unpaired) electrons. The van der Waals surface area contributed by atoms with Crippen LogP contribution in [0, 0.1) is 12.7 Å². The zero-order chi connectivity index (χ0) is 14.7. The zero-order valence-corrected chi connectivity index (χ0v) is 12.4. The lowest BCUT2D eigenvalue weighted by molar-refractivity contribution is 0.0994. The molecule has 1 aromatic carbocycles. The van der Waals surface area contributed by atoms with Gasteiger partial charge in [-0.2, -0.15) is 0 Å². The fraction of sp³-hybridized carbons (Fsp3) is 0.214. The molecule has 0 saturated heterocycles. The lowest BCUT2D eigenvalue weighted by Gasteiger charge is -2.08. The Balaban J connectivity index is 0.00000220. The molecule has 1 heterocycles. The molecule has 1 aromatic heterocycles. The number of rotatable bonds is 4. The van der Waals surface area contributed by atoms with Crippen LogP contribution in [0.5, 0.6) is 5.75 Å². The quantitative estimate of drug-likeness (QED) is 0.937. The maximum absolute atomic E-state index is 13.3. The highest BCUT2D eigenvalue weighted by atomic mass is 35.5. The number of amides is 1. The van der Waals surface area contributed by atoms with Crippen LogP contribution in [0.4, 0.5) is 4.39 Å². The van der Waals surface area contributed by atoms with Gasteiger partial charge in [0.25, 0.3) is 5.91 Å². The van der Waals surface area contributed by atoms with Crippen molar-refractivity contribution in [3.63, 3.8) is 0 Å². The molecule has 7 heteroatoms. The van der Waals surface area contributed by atoms with Crippen LogP contribution < -0.4 is 10.5 Å². The predicted molar refractivity (Wildman–Crippen MR) is 78.3 cm³/mol. The van der Waals surface area contributed by atoms with E-state index in [1.807, 2.05) is 0 Å². The Morgan fingerprint density at radius 2 is 2.14 bits per heavy atom. The third-order valence-electron chi connectivity index (χ3n) is 2.83. The van der Waals surface area contributed by atoms with Crippen LogP contribution in [0.15, 0.2) is 24.4 Å². The molecule has 0 aliphatic rings. The highest BCUT2D eigenvalue weighted by Crippen LogP contribution is 2.21. The number of carbonyl (C=O) groups is 1. The molecular weight excluding hydrogens is 297 g/mol. The molecule has 0 bridgehead atoms. The van der Waals surface area contributed by atoms with E-state index in [0.717, 1.165) is 5.56 Å². The first-order valence-corrected chi connectivity index (χ1v) is 5.96. The number of nitrogens with two attached hydrogens (primary N) is 1. The molecule has 0 spiro atoms. The number of hydrogen-bond donors (Lipinski definition) is 1. The second kappa shape index (κ2) is 6.99. The lowest BCUT2D eigenvalue weighted by atomic mass is 10.0. The van der Waals surface area contributed by atoms with Gasteiger partial charge in [0.15, 0.2) is 11.6 Å². The van der Waals surface area contributed by atoms with Crippen molar-refractivity contribution in [1.82, 2.24) is 9.97 Å². The van der Waals surface area contributed by atoms with E-state index < -0.39 is 11.7 Å². The van der Waals surface area contributed by atoms with Crippen LogP contribution in [-0.2, 0) is 6.42 Å². The van der Waals surface area contributed by atoms with Gasteiger partial charge in [-0.15, -0.1) is 12.4 Å². The van der Waals surface area contributed by atoms with Crippen LogP contribution in [0.3, 0.4) is 0 Å². The Morgan fingerprint density at radius 3 is 2.76 bits per heavy atom. The van der Waals surface area contributed by atoms with Gasteiger partial charge in [-0.3, -0.25) is 4.79 Å². The fourth-order valence-corrected chi connectivity index (χ4v) is 1.87. The summed E-state index contributed by atoms with van der Waals surface area (Å²) in [4.78, 5) is 19.5. The molecule has 1 amide bonds. The SMILES string of the molecule is COc1cc(Cc2cnc(C)nc2C(N)=O)ccc1F.Cl. The van der Waals surface area contributed by atoms with Crippen LogP contribution in [-0.4, -0.2) is 23.0 Å². The first-order chi connectivity index (χ1) is 9.51. The molecule has 0 fully saturated rings. The number of ether oxygens (including phenoxy) is 1. The smallest absolute Gasteiger partial charge is 0.267 e. The summed E-state index contributed by atoms with van der Waals surface area (Å²) >= 11 is 0. The second-order valence-electron chi connectivity index (χ2n) is 4.30. The molecular formula is C14H15ClFN3O2. The van der Waals surface area contributed by atoms with E-state index in [2.05, 4.69) is 9.97 Å². The lowest BCUT2D eigenvalue weighted by Crippen LogP contribution is -2.17. The molecule has 21 heavy (non-hydrogen) atoms. The molecule has 2 N–H and O–H groups in total. The van der Waals surface area contributed by atoms with Crippen molar-refractivity contribution in [2.45, 2.75) is 13.3 Å². The molecule has 0 saturated carbocycles. The molecule has 2 rings (SSSR count). The molecule has 2 aromatic rings. The number of halogens is 2. The van der Waals surface area contributed by atoms with E-state index in [-0.39, 0.29) is 23.9 Å². The summed E-state index contributed by atoms with van der Waals surface area (Å²) in [5.41, 5.74) is 6.86. The first kappa shape index (κ1) is 16.8. The summed E-state index contributed by atoms with van der Waals surface area (Å²) in [6.45, 7) is 1.68. The Labute approximate surface area is 127 Å². The van der Waals surface area contributed by atoms with Gasteiger partial charge in [0.2, 0.25) is 0 Å². The van der Waals surface area contributed by atoms with Gasteiger partial charge in [0, 0.05) is 18.2 Å². The highest BCUT2D eigenvalue weighted by molar-refractivity contribution is 5.92. The van der Waals surface area contributed by atoms with Crippen LogP contribution >= 0.6 is 12.4 Å². The number of nitrogens with zero attached hydrogens (tertiary/aromatic N) is 2. The van der Waals surface area contributed by atoms with E-state index in [4.69, 9.17) is 10.5 Å². The van der Waals surface area contributed by atoms with E-state index in [0.29, 0.717) is 17.8 Å². The van der Waals surface area contributed by atoms with Gasteiger partial charge in [0.1, 0.15) is 11.5 Å². The third kappa shape index (κ3) is 3.88. The average Bonchev–Trinajstić information content (AvgIpc) is 2.42.